The van der Waals surface area contributed by atoms with Crippen LogP contribution in [0.1, 0.15) is 35.2 Å². The number of benzene rings is 2. The zero-order valence-electron chi connectivity index (χ0n) is 16.5. The van der Waals surface area contributed by atoms with Gasteiger partial charge in [0.2, 0.25) is 10.0 Å². The minimum atomic E-state index is -3.45. The first-order valence-electron chi connectivity index (χ1n) is 10.2. The Hall–Kier alpha value is -2.22. The number of likely N-dealkylation sites (tertiary alicyclic amines) is 1. The number of rotatable bonds is 6. The average Bonchev–Trinajstić information content (AvgIpc) is 3.42. The zero-order chi connectivity index (χ0) is 20.3. The molecule has 0 unspecified atom stereocenters. The van der Waals surface area contributed by atoms with Crippen LogP contribution >= 0.6 is 0 Å². The summed E-state index contributed by atoms with van der Waals surface area (Å²) in [5.74, 6) is -0.151. The van der Waals surface area contributed by atoms with Crippen LogP contribution in [0.3, 0.4) is 0 Å². The van der Waals surface area contributed by atoms with Crippen molar-refractivity contribution in [3.05, 3.63) is 65.7 Å². The minimum Gasteiger partial charge on any atom is -0.348 e. The summed E-state index contributed by atoms with van der Waals surface area (Å²) >= 11 is 0. The van der Waals surface area contributed by atoms with Gasteiger partial charge in [-0.15, -0.1) is 0 Å². The third-order valence-electron chi connectivity index (χ3n) is 5.68. The highest BCUT2D eigenvalue weighted by molar-refractivity contribution is 7.89. The Morgan fingerprint density at radius 2 is 1.66 bits per heavy atom. The van der Waals surface area contributed by atoms with Crippen LogP contribution in [0.4, 0.5) is 0 Å². The summed E-state index contributed by atoms with van der Waals surface area (Å²) in [6.45, 7) is 3.81. The van der Waals surface area contributed by atoms with Crippen molar-refractivity contribution in [3.8, 4) is 0 Å². The third-order valence-corrected chi connectivity index (χ3v) is 7.59. The largest absolute Gasteiger partial charge is 0.348 e. The molecule has 1 N–H and O–H groups in total. The normalized spacial score (nSPS) is 20.8. The van der Waals surface area contributed by atoms with E-state index < -0.39 is 10.0 Å². The van der Waals surface area contributed by atoms with E-state index in [1.54, 1.807) is 24.3 Å². The van der Waals surface area contributed by atoms with Crippen LogP contribution in [0.2, 0.25) is 0 Å². The lowest BCUT2D eigenvalue weighted by atomic mass is 10.2. The Morgan fingerprint density at radius 1 is 0.966 bits per heavy atom. The summed E-state index contributed by atoms with van der Waals surface area (Å²) in [5.41, 5.74) is 1.76. The molecule has 2 heterocycles. The molecule has 29 heavy (non-hydrogen) atoms. The highest BCUT2D eigenvalue weighted by Crippen LogP contribution is 2.21. The quantitative estimate of drug-likeness (QED) is 0.790. The maximum absolute atomic E-state index is 12.6. The molecule has 0 radical (unpaired) electrons. The van der Waals surface area contributed by atoms with E-state index in [4.69, 9.17) is 0 Å². The van der Waals surface area contributed by atoms with Gasteiger partial charge in [-0.2, -0.15) is 4.31 Å². The summed E-state index contributed by atoms with van der Waals surface area (Å²) < 4.78 is 26.7. The van der Waals surface area contributed by atoms with Crippen LogP contribution in [-0.2, 0) is 16.6 Å². The van der Waals surface area contributed by atoms with E-state index in [2.05, 4.69) is 22.3 Å². The van der Waals surface area contributed by atoms with Gasteiger partial charge in [0.05, 0.1) is 4.90 Å². The standard InChI is InChI=1S/C22H27N3O3S/c26-22(23-20-12-15-24(17-20)16-18-6-2-1-3-7-18)19-8-10-21(11-9-19)29(27,28)25-13-4-5-14-25/h1-3,6-11,20H,4-5,12-17H2,(H,23,26)/t20-/m0/s1. The van der Waals surface area contributed by atoms with Crippen LogP contribution in [0.25, 0.3) is 0 Å². The smallest absolute Gasteiger partial charge is 0.251 e. The molecule has 2 aromatic rings. The highest BCUT2D eigenvalue weighted by atomic mass is 32.2. The highest BCUT2D eigenvalue weighted by Gasteiger charge is 2.28. The Bertz CT molecular complexity index is 939. The Balaban J connectivity index is 1.33. The molecule has 2 saturated heterocycles. The predicted octanol–water partition coefficient (Wildman–Crippen LogP) is 2.48. The van der Waals surface area contributed by atoms with Gasteiger partial charge < -0.3 is 5.32 Å². The summed E-state index contributed by atoms with van der Waals surface area (Å²) in [6.07, 6.45) is 2.73. The van der Waals surface area contributed by atoms with Crippen molar-refractivity contribution in [1.82, 2.24) is 14.5 Å². The Kier molecular flexibility index (Phi) is 5.99. The molecular formula is C22H27N3O3S. The maximum Gasteiger partial charge on any atom is 0.251 e. The van der Waals surface area contributed by atoms with Gasteiger partial charge in [0, 0.05) is 44.3 Å². The first kappa shape index (κ1) is 20.1. The third kappa shape index (κ3) is 4.69. The lowest BCUT2D eigenvalue weighted by Gasteiger charge is -2.17. The fraction of sp³-hybridized carbons (Fsp3) is 0.409. The van der Waals surface area contributed by atoms with Gasteiger partial charge >= 0.3 is 0 Å². The molecule has 1 atom stereocenters. The van der Waals surface area contributed by atoms with E-state index in [0.717, 1.165) is 38.9 Å². The Morgan fingerprint density at radius 3 is 2.34 bits per heavy atom. The molecule has 0 spiro atoms. The van der Waals surface area contributed by atoms with Gasteiger partial charge in [-0.25, -0.2) is 8.42 Å². The monoisotopic (exact) mass is 413 g/mol. The van der Waals surface area contributed by atoms with Crippen LogP contribution in [0.15, 0.2) is 59.5 Å². The van der Waals surface area contributed by atoms with Crippen molar-refractivity contribution < 1.29 is 13.2 Å². The first-order valence-corrected chi connectivity index (χ1v) is 11.6. The van der Waals surface area contributed by atoms with Crippen molar-refractivity contribution in [2.75, 3.05) is 26.2 Å². The average molecular weight is 414 g/mol. The lowest BCUT2D eigenvalue weighted by Crippen LogP contribution is -2.37. The lowest BCUT2D eigenvalue weighted by molar-refractivity contribution is 0.0937. The molecule has 2 aliphatic heterocycles. The molecule has 7 heteroatoms. The number of carbonyl (C=O) groups excluding carboxylic acids is 1. The molecule has 0 bridgehead atoms. The van der Waals surface area contributed by atoms with Crippen molar-refractivity contribution in [2.24, 2.45) is 0 Å². The fourth-order valence-corrected chi connectivity index (χ4v) is 5.58. The molecule has 154 valence electrons. The number of amides is 1. The molecule has 2 aromatic carbocycles. The van der Waals surface area contributed by atoms with E-state index in [1.807, 2.05) is 18.2 Å². The van der Waals surface area contributed by atoms with Crippen LogP contribution in [-0.4, -0.2) is 55.8 Å². The molecule has 2 aliphatic rings. The maximum atomic E-state index is 12.6. The summed E-state index contributed by atoms with van der Waals surface area (Å²) in [7, 11) is -3.45. The molecule has 2 fully saturated rings. The Labute approximate surface area is 172 Å². The van der Waals surface area contributed by atoms with Crippen molar-refractivity contribution in [1.29, 1.82) is 0 Å². The van der Waals surface area contributed by atoms with E-state index in [9.17, 15) is 13.2 Å². The van der Waals surface area contributed by atoms with Gasteiger partial charge in [-0.3, -0.25) is 9.69 Å². The van der Waals surface area contributed by atoms with Crippen molar-refractivity contribution in [3.63, 3.8) is 0 Å². The van der Waals surface area contributed by atoms with Gasteiger partial charge in [-0.1, -0.05) is 30.3 Å². The first-order chi connectivity index (χ1) is 14.0. The number of nitrogens with one attached hydrogen (secondary N) is 1. The summed E-state index contributed by atoms with van der Waals surface area (Å²) in [5, 5.41) is 3.08. The second-order valence-electron chi connectivity index (χ2n) is 7.82. The SMILES string of the molecule is O=C(N[C@H]1CCN(Cc2ccccc2)C1)c1ccc(S(=O)(=O)N2CCCC2)cc1. The molecule has 0 aliphatic carbocycles. The fourth-order valence-electron chi connectivity index (χ4n) is 4.06. The van der Waals surface area contributed by atoms with Gasteiger partial charge in [0.15, 0.2) is 0 Å². The van der Waals surface area contributed by atoms with Crippen LogP contribution < -0.4 is 5.32 Å². The molecule has 4 rings (SSSR count). The van der Waals surface area contributed by atoms with E-state index in [1.165, 1.54) is 9.87 Å². The minimum absolute atomic E-state index is 0.110. The zero-order valence-corrected chi connectivity index (χ0v) is 17.3. The van der Waals surface area contributed by atoms with Crippen LogP contribution in [0.5, 0.6) is 0 Å². The number of hydrogen-bond donors (Lipinski definition) is 1. The molecule has 0 aromatic heterocycles. The van der Waals surface area contributed by atoms with E-state index >= 15 is 0 Å². The van der Waals surface area contributed by atoms with E-state index in [-0.39, 0.29) is 16.8 Å². The molecule has 1 amide bonds. The number of hydrogen-bond acceptors (Lipinski definition) is 4. The molecule has 0 saturated carbocycles. The van der Waals surface area contributed by atoms with Gasteiger partial charge in [-0.05, 0) is 49.1 Å². The predicted molar refractivity (Wildman–Crippen MR) is 112 cm³/mol. The molecular weight excluding hydrogens is 386 g/mol. The van der Waals surface area contributed by atoms with Crippen molar-refractivity contribution >= 4 is 15.9 Å². The number of carbonyl (C=O) groups is 1. The number of sulfonamides is 1. The van der Waals surface area contributed by atoms with Gasteiger partial charge in [0.1, 0.15) is 0 Å². The van der Waals surface area contributed by atoms with Crippen LogP contribution in [0, 0.1) is 0 Å². The second-order valence-corrected chi connectivity index (χ2v) is 9.75. The summed E-state index contributed by atoms with van der Waals surface area (Å²) in [6, 6.07) is 16.7. The summed E-state index contributed by atoms with van der Waals surface area (Å²) in [4.78, 5) is 15.2. The van der Waals surface area contributed by atoms with E-state index in [0.29, 0.717) is 18.7 Å². The van der Waals surface area contributed by atoms with Crippen molar-refractivity contribution in [2.45, 2.75) is 36.7 Å². The topological polar surface area (TPSA) is 69.7 Å². The molecule has 6 nitrogen and oxygen atoms in total. The van der Waals surface area contributed by atoms with Gasteiger partial charge in [0.25, 0.3) is 5.91 Å². The second kappa shape index (κ2) is 8.65. The number of nitrogens with zero attached hydrogens (tertiary/aromatic N) is 2.